The van der Waals surface area contributed by atoms with Crippen LogP contribution in [0.2, 0.25) is 0 Å². The molecule has 1 unspecified atom stereocenters. The van der Waals surface area contributed by atoms with E-state index < -0.39 is 0 Å². The average Bonchev–Trinajstić information content (AvgIpc) is 2.90. The maximum absolute atomic E-state index is 5.36. The summed E-state index contributed by atoms with van der Waals surface area (Å²) in [5.74, 6) is 0.947. The van der Waals surface area contributed by atoms with Crippen molar-refractivity contribution < 1.29 is 4.74 Å². The Hall–Kier alpha value is -1.39. The van der Waals surface area contributed by atoms with Crippen LogP contribution in [0.1, 0.15) is 40.7 Å². The van der Waals surface area contributed by atoms with Gasteiger partial charge in [-0.25, -0.2) is 4.98 Å². The van der Waals surface area contributed by atoms with E-state index >= 15 is 0 Å². The predicted molar refractivity (Wildman–Crippen MR) is 82.4 cm³/mol. The molecule has 106 valence electrons. The van der Waals surface area contributed by atoms with Gasteiger partial charge in [0, 0.05) is 23.7 Å². The van der Waals surface area contributed by atoms with Crippen LogP contribution in [0.5, 0.6) is 5.75 Å². The van der Waals surface area contributed by atoms with Crippen LogP contribution in [0.3, 0.4) is 0 Å². The van der Waals surface area contributed by atoms with Crippen molar-refractivity contribution in [1.82, 2.24) is 10.3 Å². The molecule has 2 aromatic rings. The summed E-state index contributed by atoms with van der Waals surface area (Å²) in [6.07, 6.45) is 3.60. The summed E-state index contributed by atoms with van der Waals surface area (Å²) < 4.78 is 5.36. The molecule has 0 amide bonds. The van der Waals surface area contributed by atoms with Crippen LogP contribution in [-0.4, -0.2) is 12.1 Å². The lowest BCUT2D eigenvalue weighted by Crippen LogP contribution is -2.24. The van der Waals surface area contributed by atoms with Crippen LogP contribution in [0.15, 0.2) is 23.6 Å². The maximum atomic E-state index is 5.36. The smallest absolute Gasteiger partial charge is 0.119 e. The van der Waals surface area contributed by atoms with Gasteiger partial charge in [-0.2, -0.15) is 0 Å². The largest absolute Gasteiger partial charge is 0.497 e. The number of thiazole rings is 1. The number of hydrogen-bond acceptors (Lipinski definition) is 4. The van der Waals surface area contributed by atoms with Crippen LogP contribution in [-0.2, 0) is 13.0 Å². The zero-order chi connectivity index (χ0) is 13.9. The molecule has 0 fully saturated rings. The maximum Gasteiger partial charge on any atom is 0.119 e. The molecule has 1 atom stereocenters. The highest BCUT2D eigenvalue weighted by atomic mass is 32.1. The number of benzene rings is 1. The second kappa shape index (κ2) is 5.94. The average molecular weight is 288 g/mol. The fraction of sp³-hybridized carbons (Fsp3) is 0.438. The molecule has 3 nitrogen and oxygen atoms in total. The van der Waals surface area contributed by atoms with E-state index in [1.165, 1.54) is 30.4 Å². The monoisotopic (exact) mass is 288 g/mol. The van der Waals surface area contributed by atoms with Gasteiger partial charge in [-0.05, 0) is 49.4 Å². The number of fused-ring (bicyclic) bond motifs is 1. The second-order valence-electron chi connectivity index (χ2n) is 5.27. The van der Waals surface area contributed by atoms with Gasteiger partial charge in [0.1, 0.15) is 10.8 Å². The number of nitrogens with zero attached hydrogens (tertiary/aromatic N) is 1. The lowest BCUT2D eigenvalue weighted by Gasteiger charge is -2.26. The van der Waals surface area contributed by atoms with E-state index in [0.29, 0.717) is 6.04 Å². The third-order valence-electron chi connectivity index (χ3n) is 3.83. The van der Waals surface area contributed by atoms with Gasteiger partial charge in [0.2, 0.25) is 0 Å². The molecule has 1 aliphatic carbocycles. The van der Waals surface area contributed by atoms with E-state index in [1.54, 1.807) is 18.4 Å². The Kier molecular flexibility index (Phi) is 4.03. The minimum absolute atomic E-state index is 0.415. The highest BCUT2D eigenvalue weighted by Crippen LogP contribution is 2.32. The molecule has 1 heterocycles. The summed E-state index contributed by atoms with van der Waals surface area (Å²) >= 11 is 1.73. The molecule has 0 spiro atoms. The van der Waals surface area contributed by atoms with Crippen LogP contribution >= 0.6 is 11.3 Å². The topological polar surface area (TPSA) is 34.1 Å². The zero-order valence-corrected chi connectivity index (χ0v) is 12.8. The lowest BCUT2D eigenvalue weighted by atomic mass is 9.87. The standard InChI is InChI=1S/C16H20N2OS/c1-11-10-20-16(18-11)9-17-15-5-3-4-12-6-7-13(19-2)8-14(12)15/h6-8,10,15,17H,3-5,9H2,1-2H3. The molecule has 0 saturated heterocycles. The summed E-state index contributed by atoms with van der Waals surface area (Å²) in [7, 11) is 1.73. The van der Waals surface area contributed by atoms with Crippen LogP contribution in [0.25, 0.3) is 0 Å². The first-order chi connectivity index (χ1) is 9.76. The van der Waals surface area contributed by atoms with E-state index in [4.69, 9.17) is 4.74 Å². The van der Waals surface area contributed by atoms with E-state index in [-0.39, 0.29) is 0 Å². The first kappa shape index (κ1) is 13.6. The SMILES string of the molecule is COc1ccc2c(c1)C(NCc1nc(C)cs1)CCC2. The molecule has 3 rings (SSSR count). The summed E-state index contributed by atoms with van der Waals surface area (Å²) in [5.41, 5.74) is 3.95. The van der Waals surface area contributed by atoms with Crippen molar-refractivity contribution in [2.75, 3.05) is 7.11 Å². The van der Waals surface area contributed by atoms with Crippen molar-refractivity contribution >= 4 is 11.3 Å². The number of hydrogen-bond donors (Lipinski definition) is 1. The molecular weight excluding hydrogens is 268 g/mol. The molecule has 1 aromatic heterocycles. The van der Waals surface area contributed by atoms with Crippen LogP contribution in [0, 0.1) is 6.92 Å². The number of aryl methyl sites for hydroxylation is 2. The summed E-state index contributed by atoms with van der Waals surface area (Å²) in [4.78, 5) is 4.52. The highest BCUT2D eigenvalue weighted by molar-refractivity contribution is 7.09. The molecule has 1 N–H and O–H groups in total. The first-order valence-electron chi connectivity index (χ1n) is 7.07. The predicted octanol–water partition coefficient (Wildman–Crippen LogP) is 3.63. The third-order valence-corrected chi connectivity index (χ3v) is 4.80. The summed E-state index contributed by atoms with van der Waals surface area (Å²) in [6, 6.07) is 6.86. The number of ether oxygens (including phenoxy) is 1. The molecule has 0 aliphatic heterocycles. The molecule has 4 heteroatoms. The van der Waals surface area contributed by atoms with Gasteiger partial charge in [0.05, 0.1) is 7.11 Å². The minimum Gasteiger partial charge on any atom is -0.497 e. The quantitative estimate of drug-likeness (QED) is 0.933. The molecule has 20 heavy (non-hydrogen) atoms. The van der Waals surface area contributed by atoms with Gasteiger partial charge in [0.25, 0.3) is 0 Å². The van der Waals surface area contributed by atoms with Gasteiger partial charge in [-0.1, -0.05) is 6.07 Å². The molecule has 1 aliphatic rings. The van der Waals surface area contributed by atoms with Gasteiger partial charge in [-0.3, -0.25) is 0 Å². The molecule has 0 saturated carbocycles. The first-order valence-corrected chi connectivity index (χ1v) is 7.95. The fourth-order valence-corrected chi connectivity index (χ4v) is 3.53. The second-order valence-corrected chi connectivity index (χ2v) is 6.22. The van der Waals surface area contributed by atoms with Gasteiger partial charge < -0.3 is 10.1 Å². The Balaban J connectivity index is 1.75. The van der Waals surface area contributed by atoms with Crippen molar-refractivity contribution in [3.05, 3.63) is 45.4 Å². The van der Waals surface area contributed by atoms with Crippen molar-refractivity contribution in [2.45, 2.75) is 38.8 Å². The van der Waals surface area contributed by atoms with Crippen LogP contribution in [0.4, 0.5) is 0 Å². The minimum atomic E-state index is 0.415. The van der Waals surface area contributed by atoms with Gasteiger partial charge >= 0.3 is 0 Å². The van der Waals surface area contributed by atoms with E-state index in [9.17, 15) is 0 Å². The molecule has 0 radical (unpaired) electrons. The Morgan fingerprint density at radius 1 is 1.45 bits per heavy atom. The van der Waals surface area contributed by atoms with Crippen molar-refractivity contribution in [1.29, 1.82) is 0 Å². The number of methoxy groups -OCH3 is 1. The fourth-order valence-electron chi connectivity index (χ4n) is 2.81. The summed E-state index contributed by atoms with van der Waals surface area (Å²) in [6.45, 7) is 2.89. The molecule has 0 bridgehead atoms. The molecule has 1 aromatic carbocycles. The molecular formula is C16H20N2OS. The van der Waals surface area contributed by atoms with Crippen LogP contribution < -0.4 is 10.1 Å². The highest BCUT2D eigenvalue weighted by Gasteiger charge is 2.20. The normalized spacial score (nSPS) is 17.8. The van der Waals surface area contributed by atoms with Gasteiger partial charge in [0.15, 0.2) is 0 Å². The zero-order valence-electron chi connectivity index (χ0n) is 12.0. The number of rotatable bonds is 4. The third kappa shape index (κ3) is 2.86. The van der Waals surface area contributed by atoms with E-state index in [2.05, 4.69) is 33.9 Å². The van der Waals surface area contributed by atoms with E-state index in [0.717, 1.165) is 23.0 Å². The Morgan fingerprint density at radius 3 is 3.10 bits per heavy atom. The van der Waals surface area contributed by atoms with E-state index in [1.807, 2.05) is 6.92 Å². The van der Waals surface area contributed by atoms with Gasteiger partial charge in [-0.15, -0.1) is 11.3 Å². The Labute approximate surface area is 124 Å². The van der Waals surface area contributed by atoms with Crippen molar-refractivity contribution in [3.8, 4) is 5.75 Å². The summed E-state index contributed by atoms with van der Waals surface area (Å²) in [5, 5.41) is 6.92. The number of aromatic nitrogens is 1. The number of nitrogens with one attached hydrogen (secondary N) is 1. The Bertz CT molecular complexity index is 594. The van der Waals surface area contributed by atoms with Crippen molar-refractivity contribution in [2.24, 2.45) is 0 Å². The Morgan fingerprint density at radius 2 is 2.35 bits per heavy atom. The van der Waals surface area contributed by atoms with Crippen molar-refractivity contribution in [3.63, 3.8) is 0 Å². The lowest BCUT2D eigenvalue weighted by molar-refractivity contribution is 0.408.